The maximum atomic E-state index is 12.7. The fraction of sp³-hybridized carbons (Fsp3) is 0.318. The Morgan fingerprint density at radius 2 is 1.88 bits per heavy atom. The third-order valence-corrected chi connectivity index (χ3v) is 5.66. The van der Waals surface area contributed by atoms with Crippen molar-refractivity contribution < 1.29 is 19.2 Å². The van der Waals surface area contributed by atoms with Gasteiger partial charge in [0.05, 0.1) is 20.6 Å². The van der Waals surface area contributed by atoms with Crippen LogP contribution in [0.5, 0.6) is 5.75 Å². The Morgan fingerprint density at radius 1 is 1.18 bits per heavy atom. The quantitative estimate of drug-likeness (QED) is 0.232. The lowest BCUT2D eigenvalue weighted by Gasteiger charge is -2.22. The number of hydrogen-bond donors (Lipinski definition) is 2. The van der Waals surface area contributed by atoms with Gasteiger partial charge in [-0.15, -0.1) is 0 Å². The molecule has 2 aromatic carbocycles. The van der Waals surface area contributed by atoms with E-state index in [4.69, 9.17) is 27.9 Å². The first-order valence-corrected chi connectivity index (χ1v) is 11.7. The molecule has 0 heterocycles. The normalized spacial score (nSPS) is 12.9. The van der Waals surface area contributed by atoms with Crippen molar-refractivity contribution in [3.63, 3.8) is 0 Å². The number of carbonyl (C=O) groups excluding carboxylic acids is 2. The van der Waals surface area contributed by atoms with Gasteiger partial charge in [-0.25, -0.2) is 5.43 Å². The molecule has 2 aromatic rings. The number of rotatable bonds is 10. The number of ether oxygens (including phenoxy) is 1. The molecule has 0 fully saturated rings. The summed E-state index contributed by atoms with van der Waals surface area (Å²) in [5, 5.41) is 18.3. The zero-order chi connectivity index (χ0) is 25.4. The summed E-state index contributed by atoms with van der Waals surface area (Å²) in [6.45, 7) is 5.34. The lowest BCUT2D eigenvalue weighted by molar-refractivity contribution is -0.385. The average Bonchev–Trinajstić information content (AvgIpc) is 2.75. The maximum absolute atomic E-state index is 12.7. The van der Waals surface area contributed by atoms with Crippen LogP contribution in [0.15, 0.2) is 46.0 Å². The van der Waals surface area contributed by atoms with Crippen molar-refractivity contribution in [3.05, 3.63) is 66.6 Å². The van der Waals surface area contributed by atoms with E-state index in [0.29, 0.717) is 21.5 Å². The molecule has 2 amide bonds. The first kappa shape index (κ1) is 27.6. The summed E-state index contributed by atoms with van der Waals surface area (Å²) in [5.74, 6) is -0.677. The molecule has 182 valence electrons. The highest BCUT2D eigenvalue weighted by molar-refractivity contribution is 9.10. The topological polar surface area (TPSA) is 123 Å². The van der Waals surface area contributed by atoms with Gasteiger partial charge in [-0.3, -0.25) is 19.7 Å². The van der Waals surface area contributed by atoms with E-state index < -0.39 is 28.9 Å². The molecule has 12 heteroatoms. The molecule has 0 aromatic heterocycles. The van der Waals surface area contributed by atoms with Crippen LogP contribution in [-0.2, 0) is 9.59 Å². The second kappa shape index (κ2) is 12.7. The highest BCUT2D eigenvalue weighted by Crippen LogP contribution is 2.28. The summed E-state index contributed by atoms with van der Waals surface area (Å²) < 4.78 is 5.93. The van der Waals surface area contributed by atoms with Crippen molar-refractivity contribution in [1.82, 2.24) is 10.7 Å². The van der Waals surface area contributed by atoms with Crippen LogP contribution in [0.4, 0.5) is 5.69 Å². The Bertz CT molecular complexity index is 1100. The van der Waals surface area contributed by atoms with Crippen LogP contribution < -0.4 is 15.5 Å². The zero-order valence-corrected chi connectivity index (χ0v) is 21.6. The lowest BCUT2D eigenvalue weighted by atomic mass is 10.0. The molecule has 2 N–H and O–H groups in total. The molecule has 0 spiro atoms. The fourth-order valence-corrected chi connectivity index (χ4v) is 3.65. The predicted octanol–water partition coefficient (Wildman–Crippen LogP) is 5.11. The number of halogens is 3. The van der Waals surface area contributed by atoms with Crippen LogP contribution in [0.1, 0.15) is 32.8 Å². The molecule has 2 rings (SSSR count). The Kier molecular flexibility index (Phi) is 10.3. The number of hydrogen-bond acceptors (Lipinski definition) is 6. The Labute approximate surface area is 215 Å². The number of nitro benzene ring substituents is 1. The molecular formula is C22H23BrCl2N4O5. The molecule has 9 nitrogen and oxygen atoms in total. The number of benzene rings is 2. The molecule has 34 heavy (non-hydrogen) atoms. The van der Waals surface area contributed by atoms with Gasteiger partial charge in [-0.2, -0.15) is 5.10 Å². The minimum atomic E-state index is -0.937. The monoisotopic (exact) mass is 572 g/mol. The minimum absolute atomic E-state index is 0.0936. The predicted molar refractivity (Wildman–Crippen MR) is 134 cm³/mol. The summed E-state index contributed by atoms with van der Waals surface area (Å²) in [4.78, 5) is 35.9. The van der Waals surface area contributed by atoms with E-state index in [-0.39, 0.29) is 22.4 Å². The van der Waals surface area contributed by atoms with E-state index in [0.717, 1.165) is 0 Å². The molecule has 0 saturated carbocycles. The summed E-state index contributed by atoms with van der Waals surface area (Å²) in [6.07, 6.45) is 0.693. The van der Waals surface area contributed by atoms with E-state index in [1.807, 2.05) is 13.8 Å². The fourth-order valence-electron chi connectivity index (χ4n) is 2.81. The number of carbonyl (C=O) groups is 2. The van der Waals surface area contributed by atoms with Gasteiger partial charge >= 0.3 is 0 Å². The van der Waals surface area contributed by atoms with Gasteiger partial charge in [-0.1, -0.05) is 43.1 Å². The second-order valence-electron chi connectivity index (χ2n) is 7.73. The number of nitrogens with one attached hydrogen (secondary N) is 2. The molecule has 0 bridgehead atoms. The highest BCUT2D eigenvalue weighted by Gasteiger charge is 2.25. The largest absolute Gasteiger partial charge is 0.479 e. The molecule has 2 atom stereocenters. The van der Waals surface area contributed by atoms with E-state index in [2.05, 4.69) is 31.8 Å². The summed E-state index contributed by atoms with van der Waals surface area (Å²) in [5.41, 5.74) is 2.66. The Hall–Kier alpha value is -2.69. The molecule has 0 unspecified atom stereocenters. The molecule has 0 aliphatic carbocycles. The first-order valence-electron chi connectivity index (χ1n) is 10.2. The SMILES string of the molecule is CC(C)C[C@H](NC(=O)[C@H](C)Oc1ccc(Cl)cc1Cl)C(=O)N/N=C\c1ccc(Br)c([N+](=O)[O-])c1. The second-order valence-corrected chi connectivity index (χ2v) is 9.43. The first-order chi connectivity index (χ1) is 16.0. The van der Waals surface area contributed by atoms with Crippen molar-refractivity contribution >= 4 is 62.8 Å². The van der Waals surface area contributed by atoms with Gasteiger partial charge < -0.3 is 10.1 Å². The zero-order valence-electron chi connectivity index (χ0n) is 18.6. The maximum Gasteiger partial charge on any atom is 0.284 e. The van der Waals surface area contributed by atoms with Crippen LogP contribution in [0, 0.1) is 16.0 Å². The molecule has 0 aliphatic rings. The van der Waals surface area contributed by atoms with Gasteiger partial charge in [-0.05, 0) is 59.5 Å². The van der Waals surface area contributed by atoms with Crippen LogP contribution in [0.25, 0.3) is 0 Å². The van der Waals surface area contributed by atoms with Crippen LogP contribution >= 0.6 is 39.1 Å². The van der Waals surface area contributed by atoms with Crippen LogP contribution in [-0.4, -0.2) is 35.1 Å². The molecule has 0 saturated heterocycles. The van der Waals surface area contributed by atoms with Crippen LogP contribution in [0.3, 0.4) is 0 Å². The number of nitrogens with zero attached hydrogens (tertiary/aromatic N) is 2. The van der Waals surface area contributed by atoms with Gasteiger partial charge in [0.1, 0.15) is 11.8 Å². The van der Waals surface area contributed by atoms with Crippen molar-refractivity contribution in [1.29, 1.82) is 0 Å². The van der Waals surface area contributed by atoms with Gasteiger partial charge in [0.25, 0.3) is 17.5 Å². The van der Waals surface area contributed by atoms with Crippen LogP contribution in [0.2, 0.25) is 10.0 Å². The standard InChI is InChI=1S/C22H23BrCl2N4O5/c1-12(2)8-18(27-21(30)13(3)34-20-7-5-15(24)10-17(20)25)22(31)28-26-11-14-4-6-16(23)19(9-14)29(32)33/h4-7,9-13,18H,8H2,1-3H3,(H,27,30)(H,28,31)/b26-11-/t13-,18-/m0/s1. The van der Waals surface area contributed by atoms with Crippen molar-refractivity contribution in [3.8, 4) is 5.75 Å². The summed E-state index contributed by atoms with van der Waals surface area (Å²) >= 11 is 15.1. The average molecular weight is 574 g/mol. The van der Waals surface area contributed by atoms with E-state index in [1.54, 1.807) is 18.2 Å². The Balaban J connectivity index is 2.04. The summed E-state index contributed by atoms with van der Waals surface area (Å²) in [6, 6.07) is 8.17. The molecular weight excluding hydrogens is 551 g/mol. The van der Waals surface area contributed by atoms with Crippen molar-refractivity contribution in [2.24, 2.45) is 11.0 Å². The Morgan fingerprint density at radius 3 is 2.50 bits per heavy atom. The number of nitro groups is 1. The minimum Gasteiger partial charge on any atom is -0.479 e. The van der Waals surface area contributed by atoms with Crippen molar-refractivity contribution in [2.75, 3.05) is 0 Å². The number of hydrazone groups is 1. The van der Waals surface area contributed by atoms with Crippen molar-refractivity contribution in [2.45, 2.75) is 39.3 Å². The van der Waals surface area contributed by atoms with E-state index >= 15 is 0 Å². The van der Waals surface area contributed by atoms with Gasteiger partial charge in [0, 0.05) is 16.7 Å². The number of amides is 2. The third kappa shape index (κ3) is 8.27. The lowest BCUT2D eigenvalue weighted by Crippen LogP contribution is -2.49. The van der Waals surface area contributed by atoms with E-state index in [9.17, 15) is 19.7 Å². The van der Waals surface area contributed by atoms with E-state index in [1.165, 1.54) is 31.3 Å². The smallest absolute Gasteiger partial charge is 0.284 e. The van der Waals surface area contributed by atoms with Gasteiger partial charge in [0.15, 0.2) is 6.10 Å². The summed E-state index contributed by atoms with van der Waals surface area (Å²) in [7, 11) is 0. The third-order valence-electron chi connectivity index (χ3n) is 4.46. The highest BCUT2D eigenvalue weighted by atomic mass is 79.9. The molecule has 0 aliphatic heterocycles. The van der Waals surface area contributed by atoms with Gasteiger partial charge in [0.2, 0.25) is 0 Å². The molecule has 0 radical (unpaired) electrons.